The third-order valence-electron chi connectivity index (χ3n) is 6.03. The second-order valence-corrected chi connectivity index (χ2v) is 9.45. The highest BCUT2D eigenvalue weighted by Gasteiger charge is 2.20. The Kier molecular flexibility index (Phi) is 10.3. The summed E-state index contributed by atoms with van der Waals surface area (Å²) < 4.78 is 10.8. The predicted octanol–water partition coefficient (Wildman–Crippen LogP) is 5.77. The minimum atomic E-state index is -1.22. The van der Waals surface area contributed by atoms with Crippen LogP contribution in [0.4, 0.5) is 16.3 Å². The number of nitriles is 1. The zero-order valence-corrected chi connectivity index (χ0v) is 23.6. The van der Waals surface area contributed by atoms with Gasteiger partial charge < -0.3 is 30.5 Å². The van der Waals surface area contributed by atoms with Crippen LogP contribution in [0.1, 0.15) is 22.3 Å². The van der Waals surface area contributed by atoms with Crippen molar-refractivity contribution in [3.63, 3.8) is 0 Å². The van der Waals surface area contributed by atoms with Crippen LogP contribution in [-0.4, -0.2) is 48.4 Å². The molecule has 1 aromatic heterocycles. The maximum atomic E-state index is 13.1. The predicted molar refractivity (Wildman–Crippen MR) is 161 cm³/mol. The number of nitrogens with one attached hydrogen (secondary N) is 3. The lowest BCUT2D eigenvalue weighted by Gasteiger charge is -2.16. The first-order valence-corrected chi connectivity index (χ1v) is 13.3. The van der Waals surface area contributed by atoms with E-state index in [1.54, 1.807) is 78.9 Å². The number of carboxylic acid groups (broad SMARTS) is 1. The molecule has 43 heavy (non-hydrogen) atoms. The Morgan fingerprint density at radius 1 is 0.977 bits per heavy atom. The molecule has 218 valence electrons. The Balaban J connectivity index is 1.81. The Morgan fingerprint density at radius 2 is 1.77 bits per heavy atom. The van der Waals surface area contributed by atoms with Gasteiger partial charge in [-0.15, -0.1) is 0 Å². The molecule has 4 rings (SSSR count). The molecule has 0 aliphatic heterocycles. The van der Waals surface area contributed by atoms with Gasteiger partial charge in [-0.3, -0.25) is 9.59 Å². The fourth-order valence-corrected chi connectivity index (χ4v) is 4.28. The van der Waals surface area contributed by atoms with Gasteiger partial charge in [-0.25, -0.2) is 9.78 Å². The number of amides is 3. The number of rotatable bonds is 11. The van der Waals surface area contributed by atoms with Crippen LogP contribution in [-0.2, 0) is 9.53 Å². The van der Waals surface area contributed by atoms with Gasteiger partial charge >= 0.3 is 6.09 Å². The van der Waals surface area contributed by atoms with Crippen molar-refractivity contribution in [1.29, 1.82) is 5.26 Å². The van der Waals surface area contributed by atoms with Crippen LogP contribution in [0.25, 0.3) is 22.4 Å². The molecular formula is C31H26ClN5O6. The van der Waals surface area contributed by atoms with E-state index >= 15 is 0 Å². The monoisotopic (exact) mass is 599 g/mol. The van der Waals surface area contributed by atoms with Crippen LogP contribution in [0, 0.1) is 11.3 Å². The SMILES string of the molecule is COCOc1ccc(Cl)cc1-c1cc(-c2cccc(NC(=O)CCNC(=O)O)c2)c(C#N)c(NC(=O)c2ccccc2)n1. The third kappa shape index (κ3) is 8.07. The maximum Gasteiger partial charge on any atom is 0.404 e. The van der Waals surface area contributed by atoms with Gasteiger partial charge in [-0.05, 0) is 54.1 Å². The number of anilines is 2. The molecule has 11 nitrogen and oxygen atoms in total. The van der Waals surface area contributed by atoms with Crippen LogP contribution in [0.2, 0.25) is 5.02 Å². The first-order valence-electron chi connectivity index (χ1n) is 12.9. The molecule has 1 heterocycles. The highest BCUT2D eigenvalue weighted by atomic mass is 35.5. The Labute approximate surface area is 252 Å². The molecule has 0 aliphatic rings. The number of hydrogen-bond acceptors (Lipinski definition) is 7. The van der Waals surface area contributed by atoms with Crippen LogP contribution in [0.5, 0.6) is 5.75 Å². The number of hydrogen-bond donors (Lipinski definition) is 4. The molecule has 0 saturated heterocycles. The summed E-state index contributed by atoms with van der Waals surface area (Å²) in [5, 5.41) is 27.0. The number of benzene rings is 3. The van der Waals surface area contributed by atoms with Crippen molar-refractivity contribution in [1.82, 2.24) is 10.3 Å². The van der Waals surface area contributed by atoms with Crippen LogP contribution < -0.4 is 20.7 Å². The lowest BCUT2D eigenvalue weighted by Crippen LogP contribution is -2.25. The summed E-state index contributed by atoms with van der Waals surface area (Å²) >= 11 is 6.33. The minimum absolute atomic E-state index is 0.00991. The van der Waals surface area contributed by atoms with E-state index in [0.717, 1.165) is 0 Å². The molecule has 3 aromatic carbocycles. The molecule has 0 spiro atoms. The fourth-order valence-electron chi connectivity index (χ4n) is 4.11. The van der Waals surface area contributed by atoms with Crippen LogP contribution in [0.3, 0.4) is 0 Å². The largest absolute Gasteiger partial charge is 0.467 e. The molecule has 0 aliphatic carbocycles. The van der Waals surface area contributed by atoms with E-state index in [2.05, 4.69) is 27.0 Å². The van der Waals surface area contributed by atoms with Crippen LogP contribution in [0.15, 0.2) is 78.9 Å². The molecule has 0 atom stereocenters. The van der Waals surface area contributed by atoms with Crippen LogP contribution >= 0.6 is 11.6 Å². The highest BCUT2D eigenvalue weighted by molar-refractivity contribution is 6.31. The maximum absolute atomic E-state index is 13.1. The smallest absolute Gasteiger partial charge is 0.404 e. The van der Waals surface area contributed by atoms with Gasteiger partial charge in [0.1, 0.15) is 17.4 Å². The summed E-state index contributed by atoms with van der Waals surface area (Å²) in [5.41, 5.74) is 2.66. The molecule has 0 unspecified atom stereocenters. The van der Waals surface area contributed by atoms with Gasteiger partial charge in [-0.1, -0.05) is 41.9 Å². The van der Waals surface area contributed by atoms with Gasteiger partial charge in [0.15, 0.2) is 12.6 Å². The molecule has 0 fully saturated rings. The molecule has 0 radical (unpaired) electrons. The molecular weight excluding hydrogens is 574 g/mol. The topological polar surface area (TPSA) is 163 Å². The number of halogens is 1. The second-order valence-electron chi connectivity index (χ2n) is 9.01. The third-order valence-corrected chi connectivity index (χ3v) is 6.27. The number of carbonyl (C=O) groups is 3. The van der Waals surface area contributed by atoms with Gasteiger partial charge in [-0.2, -0.15) is 5.26 Å². The number of ether oxygens (including phenoxy) is 2. The lowest BCUT2D eigenvalue weighted by atomic mass is 9.97. The highest BCUT2D eigenvalue weighted by Crippen LogP contribution is 2.38. The minimum Gasteiger partial charge on any atom is -0.467 e. The molecule has 0 saturated carbocycles. The fraction of sp³-hybridized carbons (Fsp3) is 0.129. The van der Waals surface area contributed by atoms with E-state index in [1.165, 1.54) is 7.11 Å². The standard InChI is InChI=1S/C31H26ClN5O6/c1-42-18-43-27-11-10-21(32)15-24(27)26-16-23(20-8-5-9-22(14-20)35-28(38)12-13-34-31(40)41)25(17-33)29(36-26)37-30(39)19-6-3-2-4-7-19/h2-11,14-16,34H,12-13,18H2,1H3,(H,35,38)(H,40,41)(H,36,37,39). The van der Waals surface area contributed by atoms with Crippen molar-refractivity contribution < 1.29 is 29.0 Å². The molecule has 4 aromatic rings. The van der Waals surface area contributed by atoms with E-state index in [4.69, 9.17) is 26.2 Å². The van der Waals surface area contributed by atoms with Crippen molar-refractivity contribution in [2.24, 2.45) is 0 Å². The van der Waals surface area contributed by atoms with Crippen molar-refractivity contribution in [3.05, 3.63) is 95.0 Å². The number of carbonyl (C=O) groups excluding carboxylic acids is 2. The van der Waals surface area contributed by atoms with Crippen molar-refractivity contribution >= 4 is 41.0 Å². The number of nitrogens with zero attached hydrogens (tertiary/aromatic N) is 2. The van der Waals surface area contributed by atoms with Crippen molar-refractivity contribution in [2.45, 2.75) is 6.42 Å². The van der Waals surface area contributed by atoms with Crippen molar-refractivity contribution in [3.8, 4) is 34.2 Å². The number of pyridine rings is 1. The van der Waals surface area contributed by atoms with Gasteiger partial charge in [0, 0.05) is 47.5 Å². The number of methoxy groups -OCH3 is 1. The Bertz CT molecular complexity index is 1690. The second kappa shape index (κ2) is 14.5. The van der Waals surface area contributed by atoms with E-state index in [1.807, 2.05) is 0 Å². The average Bonchev–Trinajstić information content (AvgIpc) is 3.00. The first kappa shape index (κ1) is 30.5. The molecule has 12 heteroatoms. The van der Waals surface area contributed by atoms with E-state index in [9.17, 15) is 19.6 Å². The molecule has 0 bridgehead atoms. The first-order chi connectivity index (χ1) is 20.8. The quantitative estimate of drug-likeness (QED) is 0.158. The lowest BCUT2D eigenvalue weighted by molar-refractivity contribution is -0.116. The molecule has 3 amide bonds. The summed E-state index contributed by atoms with van der Waals surface area (Å²) in [6.07, 6.45) is -1.30. The zero-order valence-electron chi connectivity index (χ0n) is 22.9. The Hall–Kier alpha value is -5.44. The summed E-state index contributed by atoms with van der Waals surface area (Å²) in [5.74, 6) is -0.455. The summed E-state index contributed by atoms with van der Waals surface area (Å²) in [7, 11) is 1.49. The normalized spacial score (nSPS) is 10.3. The van der Waals surface area contributed by atoms with E-state index in [0.29, 0.717) is 44.4 Å². The van der Waals surface area contributed by atoms with E-state index in [-0.39, 0.29) is 31.1 Å². The average molecular weight is 600 g/mol. The van der Waals surface area contributed by atoms with Crippen molar-refractivity contribution in [2.75, 3.05) is 31.1 Å². The zero-order chi connectivity index (χ0) is 30.8. The molecule has 4 N–H and O–H groups in total. The summed E-state index contributed by atoms with van der Waals surface area (Å²) in [6, 6.07) is 24.0. The summed E-state index contributed by atoms with van der Waals surface area (Å²) in [4.78, 5) is 40.8. The van der Waals surface area contributed by atoms with Gasteiger partial charge in [0.2, 0.25) is 5.91 Å². The van der Waals surface area contributed by atoms with Gasteiger partial charge in [0.25, 0.3) is 5.91 Å². The summed E-state index contributed by atoms with van der Waals surface area (Å²) in [6.45, 7) is -0.0934. The number of aromatic nitrogens is 1. The van der Waals surface area contributed by atoms with Gasteiger partial charge in [0.05, 0.1) is 5.69 Å². The Morgan fingerprint density at radius 3 is 2.49 bits per heavy atom. The van der Waals surface area contributed by atoms with E-state index < -0.39 is 17.9 Å².